The Labute approximate surface area is 137 Å². The fraction of sp³-hybridized carbons (Fsp3) is 0.188. The van der Waals surface area contributed by atoms with Crippen molar-refractivity contribution in [2.75, 3.05) is 7.11 Å². The lowest BCUT2D eigenvalue weighted by atomic mass is 10.0. The lowest BCUT2D eigenvalue weighted by Crippen LogP contribution is -2.45. The number of carbonyl (C=O) groups excluding carboxylic acids is 2. The molecule has 7 heteroatoms. The summed E-state index contributed by atoms with van der Waals surface area (Å²) in [4.78, 5) is 29.0. The van der Waals surface area contributed by atoms with Gasteiger partial charge in [0.05, 0.1) is 17.6 Å². The second-order valence-electron chi connectivity index (χ2n) is 5.00. The molecule has 0 fully saturated rings. The SMILES string of the molecule is COC(=O)C1=C(C)NC(=O)N[C@@H]1c1cnc(-c2ccccc2)s1. The average molecular weight is 329 g/mol. The van der Waals surface area contributed by atoms with E-state index in [0.717, 1.165) is 15.4 Å². The number of benzene rings is 1. The highest BCUT2D eigenvalue weighted by Gasteiger charge is 2.33. The van der Waals surface area contributed by atoms with Gasteiger partial charge < -0.3 is 15.4 Å². The number of hydrogen-bond donors (Lipinski definition) is 2. The first-order valence-corrected chi connectivity index (χ1v) is 7.79. The molecule has 2 heterocycles. The van der Waals surface area contributed by atoms with Gasteiger partial charge in [-0.3, -0.25) is 0 Å². The number of amides is 2. The number of hydrogen-bond acceptors (Lipinski definition) is 5. The van der Waals surface area contributed by atoms with Crippen molar-refractivity contribution < 1.29 is 14.3 Å². The molecule has 0 unspecified atom stereocenters. The molecule has 0 saturated carbocycles. The Morgan fingerprint density at radius 2 is 2.04 bits per heavy atom. The minimum atomic E-state index is -0.564. The van der Waals surface area contributed by atoms with E-state index in [1.54, 1.807) is 13.1 Å². The molecule has 23 heavy (non-hydrogen) atoms. The third kappa shape index (κ3) is 2.95. The van der Waals surface area contributed by atoms with Crippen LogP contribution in [0, 0.1) is 0 Å². The Hall–Kier alpha value is -2.67. The third-order valence-corrected chi connectivity index (χ3v) is 4.61. The molecule has 1 aromatic heterocycles. The van der Waals surface area contributed by atoms with Gasteiger partial charge >= 0.3 is 12.0 Å². The number of allylic oxidation sites excluding steroid dienone is 1. The summed E-state index contributed by atoms with van der Waals surface area (Å²) in [5.41, 5.74) is 1.86. The van der Waals surface area contributed by atoms with Crippen LogP contribution in [0.25, 0.3) is 10.6 Å². The highest BCUT2D eigenvalue weighted by molar-refractivity contribution is 7.15. The fourth-order valence-electron chi connectivity index (χ4n) is 2.42. The van der Waals surface area contributed by atoms with Gasteiger partial charge in [0.2, 0.25) is 0 Å². The van der Waals surface area contributed by atoms with Crippen molar-refractivity contribution in [3.05, 3.63) is 52.7 Å². The van der Waals surface area contributed by atoms with Crippen LogP contribution in [0.4, 0.5) is 4.79 Å². The zero-order chi connectivity index (χ0) is 16.4. The van der Waals surface area contributed by atoms with E-state index < -0.39 is 12.0 Å². The fourth-order valence-corrected chi connectivity index (χ4v) is 3.40. The van der Waals surface area contributed by atoms with E-state index in [0.29, 0.717) is 11.3 Å². The first-order valence-electron chi connectivity index (χ1n) is 6.98. The van der Waals surface area contributed by atoms with Crippen molar-refractivity contribution in [2.24, 2.45) is 0 Å². The first kappa shape index (κ1) is 15.2. The molecule has 6 nitrogen and oxygen atoms in total. The molecule has 2 aromatic rings. The van der Waals surface area contributed by atoms with Crippen molar-refractivity contribution in [3.63, 3.8) is 0 Å². The second kappa shape index (κ2) is 6.21. The van der Waals surface area contributed by atoms with Gasteiger partial charge in [-0.15, -0.1) is 11.3 Å². The van der Waals surface area contributed by atoms with E-state index in [1.165, 1.54) is 18.4 Å². The Morgan fingerprint density at radius 1 is 1.30 bits per heavy atom. The monoisotopic (exact) mass is 329 g/mol. The van der Waals surface area contributed by atoms with Crippen LogP contribution >= 0.6 is 11.3 Å². The maximum Gasteiger partial charge on any atom is 0.338 e. The molecule has 0 aliphatic carbocycles. The van der Waals surface area contributed by atoms with Gasteiger partial charge in [-0.25, -0.2) is 14.6 Å². The Balaban J connectivity index is 1.99. The van der Waals surface area contributed by atoms with Gasteiger partial charge in [0.15, 0.2) is 0 Å². The van der Waals surface area contributed by atoms with Gasteiger partial charge in [-0.1, -0.05) is 30.3 Å². The quantitative estimate of drug-likeness (QED) is 0.848. The van der Waals surface area contributed by atoms with E-state index in [4.69, 9.17) is 4.74 Å². The van der Waals surface area contributed by atoms with Crippen molar-refractivity contribution in [1.82, 2.24) is 15.6 Å². The molecule has 3 rings (SSSR count). The zero-order valence-corrected chi connectivity index (χ0v) is 13.4. The van der Waals surface area contributed by atoms with Crippen LogP contribution in [-0.4, -0.2) is 24.1 Å². The smallest absolute Gasteiger partial charge is 0.338 e. The predicted octanol–water partition coefficient (Wildman–Crippen LogP) is 2.61. The molecular weight excluding hydrogens is 314 g/mol. The number of urea groups is 1. The number of aromatic nitrogens is 1. The molecular formula is C16H15N3O3S. The first-order chi connectivity index (χ1) is 11.1. The number of ether oxygens (including phenoxy) is 1. The van der Waals surface area contributed by atoms with E-state index >= 15 is 0 Å². The Kier molecular flexibility index (Phi) is 4.12. The number of carbonyl (C=O) groups is 2. The minimum Gasteiger partial charge on any atom is -0.466 e. The second-order valence-corrected chi connectivity index (χ2v) is 6.06. The number of rotatable bonds is 3. The lowest BCUT2D eigenvalue weighted by Gasteiger charge is -2.26. The summed E-state index contributed by atoms with van der Waals surface area (Å²) in [6.45, 7) is 1.68. The van der Waals surface area contributed by atoms with Gasteiger partial charge in [0, 0.05) is 17.5 Å². The molecule has 0 radical (unpaired) electrons. The number of nitrogens with one attached hydrogen (secondary N) is 2. The summed E-state index contributed by atoms with van der Waals surface area (Å²) in [5, 5.41) is 6.18. The number of nitrogens with zero attached hydrogens (tertiary/aromatic N) is 1. The van der Waals surface area contributed by atoms with Crippen molar-refractivity contribution in [1.29, 1.82) is 0 Å². The standard InChI is InChI=1S/C16H15N3O3S/c1-9-12(15(20)22-2)13(19-16(21)18-9)11-8-17-14(23-11)10-6-4-3-5-7-10/h3-8,13H,1-2H3,(H2,18,19,21)/t13-/m1/s1. The van der Waals surface area contributed by atoms with E-state index in [-0.39, 0.29) is 6.03 Å². The van der Waals surface area contributed by atoms with Gasteiger partial charge in [0.25, 0.3) is 0 Å². The van der Waals surface area contributed by atoms with E-state index in [2.05, 4.69) is 15.6 Å². The third-order valence-electron chi connectivity index (χ3n) is 3.50. The largest absolute Gasteiger partial charge is 0.466 e. The van der Waals surface area contributed by atoms with Crippen LogP contribution in [0.15, 0.2) is 47.8 Å². The van der Waals surface area contributed by atoms with Crippen LogP contribution in [0.2, 0.25) is 0 Å². The van der Waals surface area contributed by atoms with Crippen molar-refractivity contribution in [2.45, 2.75) is 13.0 Å². The van der Waals surface area contributed by atoms with Crippen LogP contribution in [-0.2, 0) is 9.53 Å². The summed E-state index contributed by atoms with van der Waals surface area (Å²) >= 11 is 1.43. The van der Waals surface area contributed by atoms with Crippen LogP contribution in [0.1, 0.15) is 17.8 Å². The number of esters is 1. The molecule has 1 aliphatic rings. The summed E-state index contributed by atoms with van der Waals surface area (Å²) in [6.07, 6.45) is 1.68. The summed E-state index contributed by atoms with van der Waals surface area (Å²) < 4.78 is 4.83. The molecule has 1 aromatic carbocycles. The number of thiazole rings is 1. The topological polar surface area (TPSA) is 80.3 Å². The summed E-state index contributed by atoms with van der Waals surface area (Å²) in [6, 6.07) is 8.82. The Bertz CT molecular complexity index is 783. The molecule has 2 N–H and O–H groups in total. The van der Waals surface area contributed by atoms with E-state index in [9.17, 15) is 9.59 Å². The van der Waals surface area contributed by atoms with Crippen molar-refractivity contribution >= 4 is 23.3 Å². The minimum absolute atomic E-state index is 0.352. The Morgan fingerprint density at radius 3 is 2.74 bits per heavy atom. The molecule has 0 bridgehead atoms. The maximum absolute atomic E-state index is 12.1. The molecule has 118 valence electrons. The maximum atomic E-state index is 12.1. The normalized spacial score (nSPS) is 17.5. The molecule has 1 atom stereocenters. The molecule has 1 aliphatic heterocycles. The predicted molar refractivity (Wildman–Crippen MR) is 86.7 cm³/mol. The molecule has 0 spiro atoms. The van der Waals surface area contributed by atoms with Gasteiger partial charge in [-0.2, -0.15) is 0 Å². The van der Waals surface area contributed by atoms with Crippen molar-refractivity contribution in [3.8, 4) is 10.6 Å². The van der Waals surface area contributed by atoms with E-state index in [1.807, 2.05) is 30.3 Å². The van der Waals surface area contributed by atoms with Crippen LogP contribution < -0.4 is 10.6 Å². The summed E-state index contributed by atoms with van der Waals surface area (Å²) in [7, 11) is 1.32. The van der Waals surface area contributed by atoms with Gasteiger partial charge in [0.1, 0.15) is 11.0 Å². The van der Waals surface area contributed by atoms with Crippen LogP contribution in [0.5, 0.6) is 0 Å². The zero-order valence-electron chi connectivity index (χ0n) is 12.6. The summed E-state index contributed by atoms with van der Waals surface area (Å²) in [5.74, 6) is -0.477. The van der Waals surface area contributed by atoms with Crippen LogP contribution in [0.3, 0.4) is 0 Å². The van der Waals surface area contributed by atoms with Gasteiger partial charge in [-0.05, 0) is 6.92 Å². The average Bonchev–Trinajstić information content (AvgIpc) is 3.04. The highest BCUT2D eigenvalue weighted by Crippen LogP contribution is 2.34. The number of methoxy groups -OCH3 is 1. The lowest BCUT2D eigenvalue weighted by molar-refractivity contribution is -0.136. The highest BCUT2D eigenvalue weighted by atomic mass is 32.1. The molecule has 0 saturated heterocycles. The molecule has 2 amide bonds.